The molecule has 27 heavy (non-hydrogen) atoms. The molecule has 3 aromatic rings. The molecule has 5 heteroatoms. The molecular weight excluding hydrogens is 360 g/mol. The maximum atomic E-state index is 12.5. The van der Waals surface area contributed by atoms with Gasteiger partial charge in [0.15, 0.2) is 5.76 Å². The van der Waals surface area contributed by atoms with Gasteiger partial charge in [0.25, 0.3) is 0 Å². The first kappa shape index (κ1) is 17.2. The summed E-state index contributed by atoms with van der Waals surface area (Å²) in [4.78, 5) is 25.9. The van der Waals surface area contributed by atoms with E-state index < -0.39 is 5.97 Å². The topological polar surface area (TPSA) is 52.6 Å². The lowest BCUT2D eigenvalue weighted by molar-refractivity contribution is 0.0733. The van der Waals surface area contributed by atoms with E-state index in [1.54, 1.807) is 47.7 Å². The summed E-state index contributed by atoms with van der Waals surface area (Å²) >= 11 is 1.55. The number of benzene rings is 2. The third-order valence-corrected chi connectivity index (χ3v) is 5.35. The Morgan fingerprint density at radius 3 is 2.63 bits per heavy atom. The zero-order valence-corrected chi connectivity index (χ0v) is 15.6. The second kappa shape index (κ2) is 6.85. The van der Waals surface area contributed by atoms with Gasteiger partial charge in [0, 0.05) is 17.0 Å². The first-order valence-electron chi connectivity index (χ1n) is 8.43. The van der Waals surface area contributed by atoms with Crippen LogP contribution in [0.15, 0.2) is 59.7 Å². The summed E-state index contributed by atoms with van der Waals surface area (Å²) in [6, 6.07) is 14.0. The average molecular weight is 376 g/mol. The predicted octanol–water partition coefficient (Wildman–Crippen LogP) is 5.20. The van der Waals surface area contributed by atoms with Crippen molar-refractivity contribution in [3.8, 4) is 11.5 Å². The molecule has 4 nitrogen and oxygen atoms in total. The third-order valence-electron chi connectivity index (χ3n) is 4.38. The van der Waals surface area contributed by atoms with Crippen LogP contribution in [0.5, 0.6) is 11.5 Å². The number of ketones is 1. The van der Waals surface area contributed by atoms with Crippen LogP contribution < -0.4 is 9.47 Å². The smallest absolute Gasteiger partial charge is 0.343 e. The molecule has 0 bridgehead atoms. The molecule has 0 spiro atoms. The Kier molecular flexibility index (Phi) is 4.38. The summed E-state index contributed by atoms with van der Waals surface area (Å²) in [6.45, 7) is 3.84. The van der Waals surface area contributed by atoms with Gasteiger partial charge in [-0.1, -0.05) is 18.2 Å². The number of esters is 1. The number of hydrogen-bond acceptors (Lipinski definition) is 5. The Morgan fingerprint density at radius 2 is 1.89 bits per heavy atom. The fraction of sp³-hybridized carbons (Fsp3) is 0.0909. The van der Waals surface area contributed by atoms with Crippen molar-refractivity contribution in [1.82, 2.24) is 0 Å². The fourth-order valence-electron chi connectivity index (χ4n) is 2.85. The van der Waals surface area contributed by atoms with Gasteiger partial charge < -0.3 is 9.47 Å². The summed E-state index contributed by atoms with van der Waals surface area (Å²) in [5.41, 5.74) is 2.90. The van der Waals surface area contributed by atoms with Crippen LogP contribution in [0.3, 0.4) is 0 Å². The molecule has 0 N–H and O–H groups in total. The Morgan fingerprint density at radius 1 is 1.07 bits per heavy atom. The van der Waals surface area contributed by atoms with Crippen LogP contribution in [-0.2, 0) is 0 Å². The summed E-state index contributed by atoms with van der Waals surface area (Å²) < 4.78 is 11.2. The lowest BCUT2D eigenvalue weighted by Gasteiger charge is -2.07. The van der Waals surface area contributed by atoms with Crippen molar-refractivity contribution in [1.29, 1.82) is 0 Å². The highest BCUT2D eigenvalue weighted by Crippen LogP contribution is 2.35. The van der Waals surface area contributed by atoms with Crippen molar-refractivity contribution >= 4 is 29.2 Å². The summed E-state index contributed by atoms with van der Waals surface area (Å²) in [5.74, 6) is 0.397. The fourth-order valence-corrected chi connectivity index (χ4v) is 3.69. The van der Waals surface area contributed by atoms with Gasteiger partial charge in [-0.15, -0.1) is 11.3 Å². The van der Waals surface area contributed by atoms with E-state index >= 15 is 0 Å². The minimum Gasteiger partial charge on any atom is -0.452 e. The van der Waals surface area contributed by atoms with Crippen molar-refractivity contribution in [2.75, 3.05) is 0 Å². The highest BCUT2D eigenvalue weighted by molar-refractivity contribution is 7.11. The number of carbonyl (C=O) groups is 2. The van der Waals surface area contributed by atoms with Gasteiger partial charge in [-0.25, -0.2) is 4.79 Å². The zero-order valence-electron chi connectivity index (χ0n) is 14.8. The van der Waals surface area contributed by atoms with Crippen molar-refractivity contribution in [3.05, 3.63) is 86.8 Å². The Balaban J connectivity index is 1.58. The maximum Gasteiger partial charge on any atom is 0.343 e. The standard InChI is InChI=1S/C22H16O4S/c1-13-5-3-4-6-16(13)22(24)25-15-7-8-17-18(11-15)26-19(21(17)23)12-20-14(2)9-10-27-20/h3-12H,1-2H3/b19-12-. The first-order valence-corrected chi connectivity index (χ1v) is 9.31. The molecular formula is C22H16O4S. The van der Waals surface area contributed by atoms with Crippen LogP contribution in [-0.4, -0.2) is 11.8 Å². The molecule has 0 amide bonds. The molecule has 0 fully saturated rings. The van der Waals surface area contributed by atoms with Gasteiger partial charge in [-0.05, 0) is 54.6 Å². The van der Waals surface area contributed by atoms with E-state index in [-0.39, 0.29) is 11.5 Å². The number of Topliss-reactive ketones (excluding diaryl/α,β-unsaturated/α-hetero) is 1. The van der Waals surface area contributed by atoms with Crippen molar-refractivity contribution in [2.45, 2.75) is 13.8 Å². The Labute approximate surface area is 160 Å². The second-order valence-corrected chi connectivity index (χ2v) is 7.22. The molecule has 0 saturated heterocycles. The predicted molar refractivity (Wildman–Crippen MR) is 105 cm³/mol. The van der Waals surface area contributed by atoms with Crippen LogP contribution in [0.4, 0.5) is 0 Å². The van der Waals surface area contributed by atoms with Gasteiger partial charge in [0.2, 0.25) is 5.78 Å². The molecule has 1 aliphatic rings. The highest BCUT2D eigenvalue weighted by Gasteiger charge is 2.28. The van der Waals surface area contributed by atoms with Gasteiger partial charge in [-0.2, -0.15) is 0 Å². The minimum absolute atomic E-state index is 0.172. The Bertz CT molecular complexity index is 1090. The van der Waals surface area contributed by atoms with E-state index in [1.807, 2.05) is 37.4 Å². The van der Waals surface area contributed by atoms with Gasteiger partial charge in [-0.3, -0.25) is 4.79 Å². The third kappa shape index (κ3) is 3.29. The van der Waals surface area contributed by atoms with E-state index in [0.717, 1.165) is 16.0 Å². The molecule has 2 aromatic carbocycles. The molecule has 1 aliphatic heterocycles. The van der Waals surface area contributed by atoms with E-state index in [2.05, 4.69) is 0 Å². The van der Waals surface area contributed by atoms with Gasteiger partial charge in [0.1, 0.15) is 11.5 Å². The van der Waals surface area contributed by atoms with Crippen LogP contribution in [0.2, 0.25) is 0 Å². The largest absolute Gasteiger partial charge is 0.452 e. The number of thiophene rings is 1. The average Bonchev–Trinajstić information content (AvgIpc) is 3.19. The number of aryl methyl sites for hydroxylation is 2. The highest BCUT2D eigenvalue weighted by atomic mass is 32.1. The number of fused-ring (bicyclic) bond motifs is 1. The van der Waals surface area contributed by atoms with Crippen LogP contribution in [0.25, 0.3) is 6.08 Å². The molecule has 0 atom stereocenters. The molecule has 2 heterocycles. The normalized spacial score (nSPS) is 14.1. The quantitative estimate of drug-likeness (QED) is 0.358. The number of ether oxygens (including phenoxy) is 2. The van der Waals surface area contributed by atoms with E-state index in [1.165, 1.54) is 0 Å². The molecule has 0 saturated carbocycles. The van der Waals surface area contributed by atoms with Crippen LogP contribution in [0, 0.1) is 13.8 Å². The van der Waals surface area contributed by atoms with Crippen molar-refractivity contribution in [2.24, 2.45) is 0 Å². The minimum atomic E-state index is -0.442. The summed E-state index contributed by atoms with van der Waals surface area (Å²) in [7, 11) is 0. The molecule has 4 rings (SSSR count). The van der Waals surface area contributed by atoms with Crippen molar-refractivity contribution < 1.29 is 19.1 Å². The molecule has 134 valence electrons. The first-order chi connectivity index (χ1) is 13.0. The number of hydrogen-bond donors (Lipinski definition) is 0. The Hall–Kier alpha value is -3.18. The molecule has 1 aromatic heterocycles. The van der Waals surface area contributed by atoms with Gasteiger partial charge >= 0.3 is 5.97 Å². The van der Waals surface area contributed by atoms with E-state index in [0.29, 0.717) is 22.6 Å². The number of carbonyl (C=O) groups excluding carboxylic acids is 2. The molecule has 0 radical (unpaired) electrons. The summed E-state index contributed by atoms with van der Waals surface area (Å²) in [6.07, 6.45) is 1.75. The van der Waals surface area contributed by atoms with Crippen LogP contribution >= 0.6 is 11.3 Å². The summed E-state index contributed by atoms with van der Waals surface area (Å²) in [5, 5.41) is 1.97. The van der Waals surface area contributed by atoms with Gasteiger partial charge in [0.05, 0.1) is 11.1 Å². The second-order valence-electron chi connectivity index (χ2n) is 6.27. The van der Waals surface area contributed by atoms with E-state index in [9.17, 15) is 9.59 Å². The van der Waals surface area contributed by atoms with E-state index in [4.69, 9.17) is 9.47 Å². The lowest BCUT2D eigenvalue weighted by Crippen LogP contribution is -2.10. The van der Waals surface area contributed by atoms with Crippen LogP contribution in [0.1, 0.15) is 36.7 Å². The zero-order chi connectivity index (χ0) is 19.0. The lowest BCUT2D eigenvalue weighted by atomic mass is 10.1. The SMILES string of the molecule is Cc1ccccc1C(=O)Oc1ccc2c(c1)O/C(=C\c1sccc1C)C2=O. The molecule has 0 aliphatic carbocycles. The maximum absolute atomic E-state index is 12.5. The number of rotatable bonds is 3. The van der Waals surface area contributed by atoms with Crippen molar-refractivity contribution in [3.63, 3.8) is 0 Å². The monoisotopic (exact) mass is 376 g/mol. The molecule has 0 unspecified atom stereocenters. The number of allylic oxidation sites excluding steroid dienone is 1.